The van der Waals surface area contributed by atoms with Gasteiger partial charge in [0, 0.05) is 16.9 Å². The molecule has 4 aromatic carbocycles. The van der Waals surface area contributed by atoms with Gasteiger partial charge >= 0.3 is 12.0 Å². The third-order valence-electron chi connectivity index (χ3n) is 7.00. The third-order valence-corrected chi connectivity index (χ3v) is 7.00. The molecule has 0 aliphatic carbocycles. The van der Waals surface area contributed by atoms with E-state index in [4.69, 9.17) is 9.47 Å². The van der Waals surface area contributed by atoms with Crippen molar-refractivity contribution in [3.05, 3.63) is 119 Å². The minimum atomic E-state index is -0.670. The molecular formula is C37H40N4O6. The number of methoxy groups -OCH3 is 1. The molecule has 0 spiro atoms. The van der Waals surface area contributed by atoms with Crippen molar-refractivity contribution in [1.29, 1.82) is 0 Å². The molecule has 47 heavy (non-hydrogen) atoms. The van der Waals surface area contributed by atoms with Crippen LogP contribution < -0.4 is 26.0 Å². The number of carbonyl (C=O) groups excluding carboxylic acids is 4. The van der Waals surface area contributed by atoms with E-state index in [9.17, 15) is 19.2 Å². The van der Waals surface area contributed by atoms with Crippen LogP contribution in [0.5, 0.6) is 5.75 Å². The zero-order valence-corrected chi connectivity index (χ0v) is 27.2. The Bertz CT molecular complexity index is 1720. The largest absolute Gasteiger partial charge is 0.495 e. The minimum Gasteiger partial charge on any atom is -0.495 e. The zero-order valence-electron chi connectivity index (χ0n) is 27.2. The molecule has 10 nitrogen and oxygen atoms in total. The SMILES string of the molecule is COc1cc(CC(=O)Nc2ccc(C(CC(=O)OC(C)(C)C)NC(=O)c3ccccc3)cc2)ccc1NC(=O)Nc1ccccc1C. The summed E-state index contributed by atoms with van der Waals surface area (Å²) in [5.74, 6) is -0.620. The molecule has 0 bridgehead atoms. The van der Waals surface area contributed by atoms with Crippen LogP contribution in [0.1, 0.15) is 60.3 Å². The first-order valence-electron chi connectivity index (χ1n) is 15.2. The van der Waals surface area contributed by atoms with Gasteiger partial charge in [0.2, 0.25) is 5.91 Å². The van der Waals surface area contributed by atoms with Gasteiger partial charge in [-0.05, 0) is 86.8 Å². The van der Waals surface area contributed by atoms with E-state index in [1.165, 1.54) is 7.11 Å². The number of para-hydroxylation sites is 1. The lowest BCUT2D eigenvalue weighted by molar-refractivity contribution is -0.155. The van der Waals surface area contributed by atoms with Crippen molar-refractivity contribution in [3.63, 3.8) is 0 Å². The molecule has 4 N–H and O–H groups in total. The van der Waals surface area contributed by atoms with Gasteiger partial charge in [-0.1, -0.05) is 54.6 Å². The minimum absolute atomic E-state index is 0.0577. The molecule has 1 atom stereocenters. The maximum Gasteiger partial charge on any atom is 0.323 e. The van der Waals surface area contributed by atoms with Crippen molar-refractivity contribution in [2.75, 3.05) is 23.1 Å². The first-order chi connectivity index (χ1) is 22.4. The molecule has 0 saturated heterocycles. The molecule has 0 aliphatic rings. The van der Waals surface area contributed by atoms with Crippen LogP contribution in [-0.2, 0) is 20.7 Å². The predicted molar refractivity (Wildman–Crippen MR) is 183 cm³/mol. The van der Waals surface area contributed by atoms with E-state index in [1.54, 1.807) is 87.5 Å². The lowest BCUT2D eigenvalue weighted by Gasteiger charge is -2.23. The van der Waals surface area contributed by atoms with Gasteiger partial charge in [-0.25, -0.2) is 4.79 Å². The van der Waals surface area contributed by atoms with Crippen molar-refractivity contribution in [2.45, 2.75) is 52.2 Å². The normalized spacial score (nSPS) is 11.5. The Kier molecular flexibility index (Phi) is 11.3. The second kappa shape index (κ2) is 15.6. The highest BCUT2D eigenvalue weighted by molar-refractivity contribution is 6.01. The number of esters is 1. The zero-order chi connectivity index (χ0) is 34.0. The van der Waals surface area contributed by atoms with Crippen molar-refractivity contribution < 1.29 is 28.7 Å². The van der Waals surface area contributed by atoms with Crippen LogP contribution >= 0.6 is 0 Å². The maximum absolute atomic E-state index is 12.9. The molecule has 0 fully saturated rings. The van der Waals surface area contributed by atoms with Crippen molar-refractivity contribution in [2.24, 2.45) is 0 Å². The van der Waals surface area contributed by atoms with Crippen LogP contribution in [0.15, 0.2) is 97.1 Å². The Morgan fingerprint density at radius 1 is 0.766 bits per heavy atom. The highest BCUT2D eigenvalue weighted by Crippen LogP contribution is 2.27. The van der Waals surface area contributed by atoms with Crippen LogP contribution in [0.4, 0.5) is 21.9 Å². The van der Waals surface area contributed by atoms with Crippen molar-refractivity contribution >= 4 is 40.9 Å². The summed E-state index contributed by atoms with van der Waals surface area (Å²) in [6.45, 7) is 7.26. The molecule has 0 heterocycles. The first-order valence-corrected chi connectivity index (χ1v) is 15.2. The van der Waals surface area contributed by atoms with Crippen LogP contribution in [-0.4, -0.2) is 36.5 Å². The van der Waals surface area contributed by atoms with Crippen LogP contribution in [0.3, 0.4) is 0 Å². The molecule has 10 heteroatoms. The van der Waals surface area contributed by atoms with Crippen molar-refractivity contribution in [1.82, 2.24) is 5.32 Å². The van der Waals surface area contributed by atoms with E-state index in [0.29, 0.717) is 39.5 Å². The molecule has 0 aromatic heterocycles. The fraction of sp³-hybridized carbons (Fsp3) is 0.243. The van der Waals surface area contributed by atoms with Crippen molar-refractivity contribution in [3.8, 4) is 5.75 Å². The highest BCUT2D eigenvalue weighted by Gasteiger charge is 2.24. The summed E-state index contributed by atoms with van der Waals surface area (Å²) in [5, 5.41) is 11.4. The number of hydrogen-bond donors (Lipinski definition) is 4. The fourth-order valence-electron chi connectivity index (χ4n) is 4.76. The Labute approximate surface area is 274 Å². The summed E-state index contributed by atoms with van der Waals surface area (Å²) in [7, 11) is 1.49. The van der Waals surface area contributed by atoms with Crippen LogP contribution in [0, 0.1) is 6.92 Å². The number of aryl methyl sites for hydroxylation is 1. The second-order valence-electron chi connectivity index (χ2n) is 12.0. The molecule has 0 aliphatic heterocycles. The Morgan fingerprint density at radius 2 is 1.43 bits per heavy atom. The van der Waals surface area contributed by atoms with Gasteiger partial charge in [0.05, 0.1) is 31.7 Å². The predicted octanol–water partition coefficient (Wildman–Crippen LogP) is 7.03. The van der Waals surface area contributed by atoms with E-state index in [2.05, 4.69) is 21.3 Å². The van der Waals surface area contributed by atoms with Gasteiger partial charge in [-0.15, -0.1) is 0 Å². The van der Waals surface area contributed by atoms with Crippen LogP contribution in [0.25, 0.3) is 0 Å². The smallest absolute Gasteiger partial charge is 0.323 e. The van der Waals surface area contributed by atoms with E-state index >= 15 is 0 Å². The van der Waals surface area contributed by atoms with Gasteiger partial charge in [0.15, 0.2) is 0 Å². The molecule has 4 aromatic rings. The Morgan fingerprint density at radius 3 is 2.09 bits per heavy atom. The van der Waals surface area contributed by atoms with Gasteiger partial charge in [-0.2, -0.15) is 0 Å². The van der Waals surface area contributed by atoms with Gasteiger partial charge in [-0.3, -0.25) is 14.4 Å². The Balaban J connectivity index is 1.39. The third kappa shape index (κ3) is 10.5. The number of rotatable bonds is 11. The first kappa shape index (κ1) is 34.2. The highest BCUT2D eigenvalue weighted by atomic mass is 16.6. The fourth-order valence-corrected chi connectivity index (χ4v) is 4.76. The molecular weight excluding hydrogens is 596 g/mol. The summed E-state index contributed by atoms with van der Waals surface area (Å²) in [6, 6.07) is 27.2. The average molecular weight is 637 g/mol. The van der Waals surface area contributed by atoms with E-state index in [0.717, 1.165) is 5.56 Å². The summed E-state index contributed by atoms with van der Waals surface area (Å²) in [6.07, 6.45) is -0.00993. The average Bonchev–Trinajstić information content (AvgIpc) is 3.02. The molecule has 1 unspecified atom stereocenters. The second-order valence-corrected chi connectivity index (χ2v) is 12.0. The molecule has 0 radical (unpaired) electrons. The Hall–Kier alpha value is -5.64. The molecule has 244 valence electrons. The summed E-state index contributed by atoms with van der Waals surface area (Å²) in [5.41, 5.74) is 3.79. The number of hydrogen-bond acceptors (Lipinski definition) is 6. The van der Waals surface area contributed by atoms with E-state index < -0.39 is 23.6 Å². The quantitative estimate of drug-likeness (QED) is 0.131. The maximum atomic E-state index is 12.9. The van der Waals surface area contributed by atoms with Gasteiger partial charge in [0.25, 0.3) is 5.91 Å². The molecule has 4 amide bonds. The number of nitrogens with one attached hydrogen (secondary N) is 4. The number of amides is 4. The standard InChI is InChI=1S/C37H40N4O6/c1-24-11-9-10-14-29(24)40-36(45)41-30-20-15-25(21-32(30)46-5)22-33(42)38-28-18-16-26(17-19-28)31(23-34(43)47-37(2,3)4)39-35(44)27-12-7-6-8-13-27/h6-21,31H,22-23H2,1-5H3,(H,38,42)(H,39,44)(H2,40,41,45). The molecule has 0 saturated carbocycles. The topological polar surface area (TPSA) is 135 Å². The van der Waals surface area contributed by atoms with Crippen LogP contribution in [0.2, 0.25) is 0 Å². The summed E-state index contributed by atoms with van der Waals surface area (Å²) < 4.78 is 11.0. The number of ether oxygens (including phenoxy) is 2. The number of anilines is 3. The number of carbonyl (C=O) groups is 4. The van der Waals surface area contributed by atoms with Gasteiger partial charge < -0.3 is 30.7 Å². The number of benzene rings is 4. The van der Waals surface area contributed by atoms with Gasteiger partial charge in [0.1, 0.15) is 11.4 Å². The monoisotopic (exact) mass is 636 g/mol. The summed E-state index contributed by atoms with van der Waals surface area (Å²) in [4.78, 5) is 51.1. The summed E-state index contributed by atoms with van der Waals surface area (Å²) >= 11 is 0. The molecule has 4 rings (SSSR count). The van der Waals surface area contributed by atoms with E-state index in [-0.39, 0.29) is 24.7 Å². The lowest BCUT2D eigenvalue weighted by atomic mass is 10.0. The van der Waals surface area contributed by atoms with E-state index in [1.807, 2.05) is 37.3 Å². The number of urea groups is 1. The lowest BCUT2D eigenvalue weighted by Crippen LogP contribution is -2.32.